The number of hydrogen-bond donors (Lipinski definition) is 1. The Bertz CT molecular complexity index is 1500. The van der Waals surface area contributed by atoms with E-state index in [9.17, 15) is 4.79 Å². The van der Waals surface area contributed by atoms with Gasteiger partial charge >= 0.3 is 5.97 Å². The van der Waals surface area contributed by atoms with Crippen LogP contribution in [-0.2, 0) is 9.53 Å². The van der Waals surface area contributed by atoms with Crippen molar-refractivity contribution in [2.24, 2.45) is 0 Å². The summed E-state index contributed by atoms with van der Waals surface area (Å²) in [4.78, 5) is 16.4. The van der Waals surface area contributed by atoms with Crippen LogP contribution in [0, 0.1) is 6.92 Å². The van der Waals surface area contributed by atoms with Gasteiger partial charge in [0.2, 0.25) is 0 Å². The van der Waals surface area contributed by atoms with Gasteiger partial charge in [-0.2, -0.15) is 5.10 Å². The molecule has 5 heteroatoms. The molecule has 1 N–H and O–H groups in total. The Morgan fingerprint density at radius 1 is 1.07 bits per heavy atom. The van der Waals surface area contributed by atoms with Crippen molar-refractivity contribution in [1.29, 1.82) is 0 Å². The molecule has 4 rings (SSSR count). The van der Waals surface area contributed by atoms with Crippen molar-refractivity contribution in [3.8, 4) is 11.4 Å². The number of aromatic nitrogens is 3. The number of aromatic amines is 1. The Labute approximate surface area is 257 Å². The van der Waals surface area contributed by atoms with Gasteiger partial charge in [-0.15, -0.1) is 5.73 Å². The molecule has 0 bridgehead atoms. The summed E-state index contributed by atoms with van der Waals surface area (Å²) >= 11 is 0. The minimum absolute atomic E-state index is 0.0802. The highest BCUT2D eigenvalue weighted by atomic mass is 16.5. The number of ether oxygens (including phenoxy) is 1. The van der Waals surface area contributed by atoms with E-state index in [1.807, 2.05) is 38.2 Å². The van der Waals surface area contributed by atoms with Crippen LogP contribution in [0.25, 0.3) is 17.0 Å². The number of carbonyl (C=O) groups excluding carboxylic acids is 1. The highest BCUT2D eigenvalue weighted by Gasteiger charge is 2.15. The minimum atomic E-state index is -0.0802. The first-order valence-corrected chi connectivity index (χ1v) is 15.8. The predicted octanol–water partition coefficient (Wildman–Crippen LogP) is 9.65. The first-order chi connectivity index (χ1) is 21.1. The summed E-state index contributed by atoms with van der Waals surface area (Å²) in [6.45, 7) is 6.55. The van der Waals surface area contributed by atoms with Crippen LogP contribution in [-0.4, -0.2) is 27.8 Å². The number of esters is 1. The first kappa shape index (κ1) is 31.7. The summed E-state index contributed by atoms with van der Waals surface area (Å²) in [5.41, 5.74) is 13.5. The number of fused-ring (bicyclic) bond motifs is 1. The Kier molecular flexibility index (Phi) is 12.6. The lowest BCUT2D eigenvalue weighted by Gasteiger charge is -2.15. The van der Waals surface area contributed by atoms with Crippen molar-refractivity contribution >= 4 is 11.5 Å². The SMILES string of the molecule is CCC/C=C(\CCCCCC(=O)OCC)CCC1=C2\C=C\C=C(c3c[nH]nc3-c3cccc(C)n3)\C=C/C2=C=CC/C=C\1. The van der Waals surface area contributed by atoms with Gasteiger partial charge < -0.3 is 4.74 Å². The van der Waals surface area contributed by atoms with Crippen molar-refractivity contribution in [3.05, 3.63) is 118 Å². The number of carbonyl (C=O) groups is 1. The van der Waals surface area contributed by atoms with Crippen LogP contribution in [0.3, 0.4) is 0 Å². The van der Waals surface area contributed by atoms with Gasteiger partial charge in [0.1, 0.15) is 5.69 Å². The number of nitrogens with zero attached hydrogens (tertiary/aromatic N) is 2. The summed E-state index contributed by atoms with van der Waals surface area (Å²) in [6.07, 6.45) is 31.7. The van der Waals surface area contributed by atoms with E-state index in [2.05, 4.69) is 77.5 Å². The lowest BCUT2D eigenvalue weighted by molar-refractivity contribution is -0.143. The van der Waals surface area contributed by atoms with E-state index >= 15 is 0 Å². The molecule has 0 radical (unpaired) electrons. The largest absolute Gasteiger partial charge is 0.466 e. The van der Waals surface area contributed by atoms with Crippen LogP contribution >= 0.6 is 0 Å². The van der Waals surface area contributed by atoms with E-state index in [4.69, 9.17) is 9.72 Å². The van der Waals surface area contributed by atoms with Crippen molar-refractivity contribution in [2.45, 2.75) is 85.0 Å². The molecule has 224 valence electrons. The molecule has 2 aliphatic carbocycles. The smallest absolute Gasteiger partial charge is 0.305 e. The number of H-pyrrole nitrogens is 1. The van der Waals surface area contributed by atoms with Gasteiger partial charge in [0, 0.05) is 29.4 Å². The zero-order valence-electron chi connectivity index (χ0n) is 26.0. The van der Waals surface area contributed by atoms with Gasteiger partial charge in [0.05, 0.1) is 12.3 Å². The van der Waals surface area contributed by atoms with Crippen molar-refractivity contribution in [1.82, 2.24) is 15.2 Å². The first-order valence-electron chi connectivity index (χ1n) is 15.8. The molecule has 0 saturated carbocycles. The quantitative estimate of drug-likeness (QED) is 0.105. The van der Waals surface area contributed by atoms with Gasteiger partial charge in [-0.25, -0.2) is 0 Å². The molecule has 0 atom stereocenters. The molecule has 2 aromatic rings. The summed E-state index contributed by atoms with van der Waals surface area (Å²) in [5.74, 6) is -0.0802. The highest BCUT2D eigenvalue weighted by molar-refractivity contribution is 5.84. The molecule has 0 spiro atoms. The Balaban J connectivity index is 1.51. The average molecular weight is 576 g/mol. The third-order valence-electron chi connectivity index (χ3n) is 7.64. The monoisotopic (exact) mass is 575 g/mol. The summed E-state index contributed by atoms with van der Waals surface area (Å²) < 4.78 is 5.07. The molecule has 0 amide bonds. The maximum Gasteiger partial charge on any atom is 0.305 e. The zero-order valence-corrected chi connectivity index (χ0v) is 26.0. The number of hydrogen-bond acceptors (Lipinski definition) is 4. The lowest BCUT2D eigenvalue weighted by atomic mass is 9.90. The Morgan fingerprint density at radius 3 is 2.79 bits per heavy atom. The van der Waals surface area contributed by atoms with Gasteiger partial charge in [0.25, 0.3) is 0 Å². The highest BCUT2D eigenvalue weighted by Crippen LogP contribution is 2.31. The summed E-state index contributed by atoms with van der Waals surface area (Å²) in [7, 11) is 0. The molecule has 2 aliphatic rings. The maximum absolute atomic E-state index is 11.7. The molecule has 0 saturated heterocycles. The number of aryl methyl sites for hydroxylation is 1. The molecule has 0 aliphatic heterocycles. The third-order valence-corrected chi connectivity index (χ3v) is 7.64. The van der Waals surface area contributed by atoms with Crippen LogP contribution in [0.5, 0.6) is 0 Å². The van der Waals surface area contributed by atoms with Crippen LogP contribution in [0.2, 0.25) is 0 Å². The molecule has 2 heterocycles. The fourth-order valence-electron chi connectivity index (χ4n) is 5.38. The van der Waals surface area contributed by atoms with E-state index in [0.29, 0.717) is 13.0 Å². The number of nitrogens with one attached hydrogen (secondary N) is 1. The van der Waals surface area contributed by atoms with Gasteiger partial charge in [0.15, 0.2) is 0 Å². The number of pyridine rings is 1. The predicted molar refractivity (Wildman–Crippen MR) is 177 cm³/mol. The second-order valence-corrected chi connectivity index (χ2v) is 11.0. The Hall–Kier alpha value is -4.21. The number of unbranched alkanes of at least 4 members (excludes halogenated alkanes) is 3. The third kappa shape index (κ3) is 9.66. The molecule has 43 heavy (non-hydrogen) atoms. The van der Waals surface area contributed by atoms with Gasteiger partial charge in [-0.1, -0.05) is 73.9 Å². The second kappa shape index (κ2) is 17.0. The maximum atomic E-state index is 11.7. The number of rotatable bonds is 14. The zero-order chi connectivity index (χ0) is 30.3. The fourth-order valence-corrected chi connectivity index (χ4v) is 5.38. The van der Waals surface area contributed by atoms with E-state index in [1.165, 1.54) is 16.7 Å². The fraction of sp³-hybridized carbons (Fsp3) is 0.368. The second-order valence-electron chi connectivity index (χ2n) is 11.0. The molecule has 0 aromatic carbocycles. The molecule has 5 nitrogen and oxygen atoms in total. The van der Waals surface area contributed by atoms with Crippen LogP contribution in [0.15, 0.2) is 107 Å². The van der Waals surface area contributed by atoms with Crippen molar-refractivity contribution in [2.75, 3.05) is 6.61 Å². The van der Waals surface area contributed by atoms with E-state index in [-0.39, 0.29) is 5.97 Å². The topological polar surface area (TPSA) is 67.9 Å². The molecule has 0 fully saturated rings. The van der Waals surface area contributed by atoms with Crippen LogP contribution in [0.1, 0.15) is 89.3 Å². The standard InChI is InChI=1S/C38H45N3O2/c1-4-6-16-30(17-9-7-12-23-37(42)43-5-2)24-25-31-18-10-8-11-19-32-26-27-33(20-14-21-34(31)32)35-28-39-41-38(35)36-22-13-15-29(3)40-36/h10-11,13-16,18,20-22,26-28H,4-9,12,17,23-25H2,1-3H3,(H,39,41)/b18-10-,21-14+,27-26-,30-16+,33-20-,34-31+. The average Bonchev–Trinajstić information content (AvgIpc) is 3.47. The van der Waals surface area contributed by atoms with E-state index in [0.717, 1.165) is 91.6 Å². The van der Waals surface area contributed by atoms with Gasteiger partial charge in [-0.05, 0) is 99.8 Å². The lowest BCUT2D eigenvalue weighted by Crippen LogP contribution is -2.03. The van der Waals surface area contributed by atoms with Gasteiger partial charge in [-0.3, -0.25) is 14.9 Å². The Morgan fingerprint density at radius 2 is 1.95 bits per heavy atom. The normalized spacial score (nSPS) is 20.0. The molecular weight excluding hydrogens is 530 g/mol. The number of allylic oxidation sites excluding steroid dienone is 13. The molecule has 0 unspecified atom stereocenters. The summed E-state index contributed by atoms with van der Waals surface area (Å²) in [5, 5.41) is 7.57. The minimum Gasteiger partial charge on any atom is -0.466 e. The summed E-state index contributed by atoms with van der Waals surface area (Å²) in [6, 6.07) is 6.02. The van der Waals surface area contributed by atoms with E-state index < -0.39 is 0 Å². The van der Waals surface area contributed by atoms with Crippen molar-refractivity contribution in [3.63, 3.8) is 0 Å². The molecule has 2 aromatic heterocycles. The van der Waals surface area contributed by atoms with Crippen LogP contribution in [0.4, 0.5) is 0 Å². The van der Waals surface area contributed by atoms with E-state index in [1.54, 1.807) is 0 Å². The van der Waals surface area contributed by atoms with Crippen LogP contribution < -0.4 is 0 Å². The molecular formula is C38H45N3O2. The van der Waals surface area contributed by atoms with Crippen molar-refractivity contribution < 1.29 is 9.53 Å².